The van der Waals surface area contributed by atoms with Gasteiger partial charge in [-0.3, -0.25) is 4.79 Å². The van der Waals surface area contributed by atoms with Crippen LogP contribution in [0.3, 0.4) is 0 Å². The van der Waals surface area contributed by atoms with Crippen LogP contribution in [-0.4, -0.2) is 18.3 Å². The highest BCUT2D eigenvalue weighted by Gasteiger charge is 2.11. The van der Waals surface area contributed by atoms with Crippen molar-refractivity contribution in [2.24, 2.45) is 0 Å². The monoisotopic (exact) mass is 514 g/mol. The molecule has 0 bridgehead atoms. The van der Waals surface area contributed by atoms with E-state index >= 15 is 0 Å². The van der Waals surface area contributed by atoms with E-state index in [2.05, 4.69) is 12.2 Å². The van der Waals surface area contributed by atoms with Gasteiger partial charge in [0.15, 0.2) is 0 Å². The lowest BCUT2D eigenvalue weighted by Crippen LogP contribution is -2.13. The number of benzene rings is 2. The molecular weight excluding hydrogens is 478 g/mol. The summed E-state index contributed by atoms with van der Waals surface area (Å²) in [4.78, 5) is 12.9. The highest BCUT2D eigenvalue weighted by Crippen LogP contribution is 2.26. The van der Waals surface area contributed by atoms with Crippen LogP contribution in [0.4, 0.5) is 14.5 Å². The van der Waals surface area contributed by atoms with Crippen molar-refractivity contribution in [3.05, 3.63) is 59.7 Å². The number of alkyl halides is 2. The molecule has 0 aliphatic rings. The summed E-state index contributed by atoms with van der Waals surface area (Å²) in [7, 11) is 0. The van der Waals surface area contributed by atoms with Gasteiger partial charge in [0.2, 0.25) is 0 Å². The van der Waals surface area contributed by atoms with E-state index in [1.54, 1.807) is 12.1 Å². The van der Waals surface area contributed by atoms with Crippen molar-refractivity contribution >= 4 is 29.4 Å². The normalized spacial score (nSPS) is 11.4. The van der Waals surface area contributed by atoms with Gasteiger partial charge in [-0.15, -0.1) is 0 Å². The Bertz CT molecular complexity index is 970. The average molecular weight is 515 g/mol. The molecule has 0 spiro atoms. The van der Waals surface area contributed by atoms with Crippen LogP contribution in [0.1, 0.15) is 76.7 Å². The number of carbonyl (C=O) groups is 1. The maximum atomic E-state index is 12.5. The first-order valence-electron chi connectivity index (χ1n) is 12.7. The number of hydrogen-bond acceptors (Lipinski definition) is 4. The average Bonchev–Trinajstić information content (AvgIpc) is 2.87. The van der Waals surface area contributed by atoms with Crippen molar-refractivity contribution in [2.75, 3.05) is 11.9 Å². The van der Waals surface area contributed by atoms with E-state index < -0.39 is 11.7 Å². The second-order valence-corrected chi connectivity index (χ2v) is 9.69. The molecule has 2 aromatic carbocycles. The molecule has 0 aromatic heterocycles. The Balaban J connectivity index is 1.72. The fourth-order valence-corrected chi connectivity index (χ4v) is 4.17. The Labute approximate surface area is 218 Å². The smallest absolute Gasteiger partial charge is 0.288 e. The van der Waals surface area contributed by atoms with Crippen LogP contribution >= 0.6 is 11.8 Å². The molecule has 0 saturated heterocycles. The van der Waals surface area contributed by atoms with Gasteiger partial charge >= 0.3 is 0 Å². The highest BCUT2D eigenvalue weighted by molar-refractivity contribution is 7.99. The molecular formula is C29H36F2N2O2S. The van der Waals surface area contributed by atoms with Crippen LogP contribution in [-0.2, 0) is 4.79 Å². The van der Waals surface area contributed by atoms with Crippen LogP contribution in [0.5, 0.6) is 5.75 Å². The zero-order chi connectivity index (χ0) is 26.0. The van der Waals surface area contributed by atoms with Crippen LogP contribution in [0.15, 0.2) is 59.0 Å². The van der Waals surface area contributed by atoms with Crippen molar-refractivity contribution in [3.8, 4) is 11.8 Å². The van der Waals surface area contributed by atoms with Gasteiger partial charge < -0.3 is 10.1 Å². The first kappa shape index (κ1) is 29.4. The minimum Gasteiger partial charge on any atom is -0.494 e. The Morgan fingerprint density at radius 1 is 0.944 bits per heavy atom. The van der Waals surface area contributed by atoms with E-state index in [0.717, 1.165) is 12.2 Å². The summed E-state index contributed by atoms with van der Waals surface area (Å²) in [5, 5.41) is 12.0. The number of nitrogens with zero attached hydrogens (tertiary/aromatic N) is 1. The molecule has 0 fully saturated rings. The van der Waals surface area contributed by atoms with Gasteiger partial charge in [0.25, 0.3) is 11.7 Å². The molecule has 0 heterocycles. The second kappa shape index (κ2) is 17.6. The molecule has 0 aliphatic carbocycles. The lowest BCUT2D eigenvalue weighted by Gasteiger charge is -2.07. The summed E-state index contributed by atoms with van der Waals surface area (Å²) in [6.45, 7) is 2.92. The minimum absolute atomic E-state index is 0.0555. The summed E-state index contributed by atoms with van der Waals surface area (Å²) in [5.41, 5.74) is 1.08. The van der Waals surface area contributed by atoms with Crippen molar-refractivity contribution in [3.63, 3.8) is 0 Å². The van der Waals surface area contributed by atoms with Crippen LogP contribution in [0.2, 0.25) is 0 Å². The number of ether oxygens (including phenoxy) is 1. The molecule has 0 unspecified atom stereocenters. The SMILES string of the molecule is CCCCCCCCCCCCOc1ccc(/C=C(\C#N)C(=O)Nc2ccc(SC(F)F)cc2)cc1. The van der Waals surface area contributed by atoms with Gasteiger partial charge in [-0.25, -0.2) is 0 Å². The first-order chi connectivity index (χ1) is 17.5. The van der Waals surface area contributed by atoms with E-state index in [1.165, 1.54) is 88.1 Å². The molecule has 2 aromatic rings. The maximum absolute atomic E-state index is 12.5. The summed E-state index contributed by atoms with van der Waals surface area (Å²) in [6, 6.07) is 15.2. The van der Waals surface area contributed by atoms with Crippen molar-refractivity contribution in [1.29, 1.82) is 5.26 Å². The Hall–Kier alpha value is -2.85. The molecule has 0 aliphatic heterocycles. The predicted molar refractivity (Wildman–Crippen MR) is 144 cm³/mol. The molecule has 7 heteroatoms. The Morgan fingerprint density at radius 2 is 1.53 bits per heavy atom. The summed E-state index contributed by atoms with van der Waals surface area (Å²) >= 11 is 0.432. The van der Waals surface area contributed by atoms with Gasteiger partial charge in [-0.1, -0.05) is 88.6 Å². The van der Waals surface area contributed by atoms with Gasteiger partial charge in [-0.05, 0) is 54.5 Å². The minimum atomic E-state index is -2.50. The summed E-state index contributed by atoms with van der Waals surface area (Å²) in [5.74, 6) is -2.31. The topological polar surface area (TPSA) is 62.1 Å². The zero-order valence-corrected chi connectivity index (χ0v) is 21.8. The Kier molecular flexibility index (Phi) is 14.3. The number of halogens is 2. The number of nitriles is 1. The van der Waals surface area contributed by atoms with E-state index in [-0.39, 0.29) is 5.57 Å². The third-order valence-electron chi connectivity index (χ3n) is 5.66. The van der Waals surface area contributed by atoms with Gasteiger partial charge in [0.05, 0.1) is 6.61 Å². The molecule has 1 N–H and O–H groups in total. The van der Waals surface area contributed by atoms with E-state index in [0.29, 0.717) is 34.5 Å². The van der Waals surface area contributed by atoms with E-state index in [4.69, 9.17) is 4.74 Å². The fourth-order valence-electron chi connectivity index (χ4n) is 3.67. The van der Waals surface area contributed by atoms with Crippen molar-refractivity contribution in [1.82, 2.24) is 0 Å². The maximum Gasteiger partial charge on any atom is 0.288 e. The summed E-state index contributed by atoms with van der Waals surface area (Å²) < 4.78 is 30.7. The highest BCUT2D eigenvalue weighted by atomic mass is 32.2. The predicted octanol–water partition coefficient (Wildman–Crippen LogP) is 8.85. The molecule has 194 valence electrons. The summed E-state index contributed by atoms with van der Waals surface area (Å²) in [6.07, 6.45) is 14.3. The van der Waals surface area contributed by atoms with Gasteiger partial charge in [-0.2, -0.15) is 14.0 Å². The molecule has 2 rings (SSSR count). The van der Waals surface area contributed by atoms with Crippen molar-refractivity contribution in [2.45, 2.75) is 81.8 Å². The lowest BCUT2D eigenvalue weighted by atomic mass is 10.1. The number of nitrogens with one attached hydrogen (secondary N) is 1. The van der Waals surface area contributed by atoms with E-state index in [9.17, 15) is 18.8 Å². The molecule has 1 amide bonds. The number of hydrogen-bond donors (Lipinski definition) is 1. The number of rotatable bonds is 17. The number of carbonyl (C=O) groups excluding carboxylic acids is 1. The quantitative estimate of drug-likeness (QED) is 0.0991. The van der Waals surface area contributed by atoms with Gasteiger partial charge in [0.1, 0.15) is 17.4 Å². The third kappa shape index (κ3) is 12.2. The van der Waals surface area contributed by atoms with E-state index in [1.807, 2.05) is 18.2 Å². The number of anilines is 1. The zero-order valence-electron chi connectivity index (χ0n) is 21.0. The standard InChI is InChI=1S/C29H36F2N2O2S/c1-2-3-4-5-6-7-8-9-10-11-20-35-26-16-12-23(13-17-26)21-24(22-32)28(34)33-25-14-18-27(19-15-25)36-29(30)31/h12-19,21,29H,2-11,20H2,1H3,(H,33,34)/b24-21+. The lowest BCUT2D eigenvalue weighted by molar-refractivity contribution is -0.112. The molecule has 0 saturated carbocycles. The largest absolute Gasteiger partial charge is 0.494 e. The van der Waals surface area contributed by atoms with Crippen molar-refractivity contribution < 1.29 is 18.3 Å². The molecule has 4 nitrogen and oxygen atoms in total. The Morgan fingerprint density at radius 3 is 2.08 bits per heavy atom. The number of unbranched alkanes of at least 4 members (excludes halogenated alkanes) is 9. The molecule has 0 radical (unpaired) electrons. The fraction of sp³-hybridized carbons (Fsp3) is 0.448. The van der Waals surface area contributed by atoms with Gasteiger partial charge in [0, 0.05) is 10.6 Å². The van der Waals surface area contributed by atoms with Crippen LogP contribution in [0.25, 0.3) is 6.08 Å². The molecule has 36 heavy (non-hydrogen) atoms. The number of thioether (sulfide) groups is 1. The van der Waals surface area contributed by atoms with Crippen LogP contribution < -0.4 is 10.1 Å². The second-order valence-electron chi connectivity index (χ2n) is 8.63. The number of amides is 1. The third-order valence-corrected chi connectivity index (χ3v) is 6.38. The molecule has 0 atom stereocenters. The van der Waals surface area contributed by atoms with Crippen LogP contribution in [0, 0.1) is 11.3 Å². The first-order valence-corrected chi connectivity index (χ1v) is 13.6.